The Balaban J connectivity index is 1.44. The molecule has 182 valence electrons. The van der Waals surface area contributed by atoms with Crippen molar-refractivity contribution in [3.8, 4) is 28.5 Å². The predicted molar refractivity (Wildman–Crippen MR) is 131 cm³/mol. The molecule has 0 radical (unpaired) electrons. The molecular formula is C25H28N6O4. The Morgan fingerprint density at radius 1 is 1.06 bits per heavy atom. The van der Waals surface area contributed by atoms with Crippen molar-refractivity contribution in [1.82, 2.24) is 24.6 Å². The first-order chi connectivity index (χ1) is 17.0. The number of likely N-dealkylation sites (tertiary alicyclic amines) is 1. The molecule has 0 amide bonds. The molecule has 1 aliphatic heterocycles. The SMILES string of the molecule is Nc1ncnc2c1c(-c1ccc(Oc3ccc(O)cc3)cc1)nn2C1CCCN(CC(O)CO)C1. The molecule has 5 rings (SSSR count). The first kappa shape index (κ1) is 23.0. The normalized spacial score (nSPS) is 17.5. The number of rotatable bonds is 7. The van der Waals surface area contributed by atoms with Gasteiger partial charge in [-0.05, 0) is 67.9 Å². The number of aliphatic hydroxyl groups excluding tert-OH is 2. The van der Waals surface area contributed by atoms with Crippen LogP contribution in [0, 0.1) is 0 Å². The first-order valence-corrected chi connectivity index (χ1v) is 11.6. The third-order valence-electron chi connectivity index (χ3n) is 6.22. The van der Waals surface area contributed by atoms with Crippen LogP contribution in [0.1, 0.15) is 18.9 Å². The highest BCUT2D eigenvalue weighted by molar-refractivity contribution is 5.98. The van der Waals surface area contributed by atoms with Gasteiger partial charge in [0.15, 0.2) is 5.65 Å². The molecule has 10 nitrogen and oxygen atoms in total. The second-order valence-electron chi connectivity index (χ2n) is 8.76. The third-order valence-corrected chi connectivity index (χ3v) is 6.22. The van der Waals surface area contributed by atoms with E-state index in [-0.39, 0.29) is 18.4 Å². The molecule has 1 saturated heterocycles. The van der Waals surface area contributed by atoms with E-state index in [2.05, 4.69) is 14.9 Å². The fourth-order valence-electron chi connectivity index (χ4n) is 4.54. The van der Waals surface area contributed by atoms with Crippen molar-refractivity contribution < 1.29 is 20.1 Å². The van der Waals surface area contributed by atoms with Gasteiger partial charge < -0.3 is 25.8 Å². The van der Waals surface area contributed by atoms with Gasteiger partial charge in [-0.15, -0.1) is 0 Å². The van der Waals surface area contributed by atoms with Crippen LogP contribution < -0.4 is 10.5 Å². The van der Waals surface area contributed by atoms with Gasteiger partial charge in [0.05, 0.1) is 24.1 Å². The lowest BCUT2D eigenvalue weighted by molar-refractivity contribution is 0.0449. The summed E-state index contributed by atoms with van der Waals surface area (Å²) in [6.07, 6.45) is 2.55. The largest absolute Gasteiger partial charge is 0.508 e. The van der Waals surface area contributed by atoms with Crippen LogP contribution in [0.3, 0.4) is 0 Å². The minimum atomic E-state index is -0.765. The summed E-state index contributed by atoms with van der Waals surface area (Å²) in [5.41, 5.74) is 8.50. The molecule has 2 unspecified atom stereocenters. The molecule has 2 aromatic heterocycles. The summed E-state index contributed by atoms with van der Waals surface area (Å²) in [4.78, 5) is 10.8. The summed E-state index contributed by atoms with van der Waals surface area (Å²) in [7, 11) is 0. The van der Waals surface area contributed by atoms with E-state index in [1.807, 2.05) is 28.9 Å². The lowest BCUT2D eigenvalue weighted by Crippen LogP contribution is -2.42. The van der Waals surface area contributed by atoms with E-state index in [0.717, 1.165) is 24.9 Å². The van der Waals surface area contributed by atoms with Gasteiger partial charge in [0.2, 0.25) is 0 Å². The van der Waals surface area contributed by atoms with E-state index in [1.165, 1.54) is 6.33 Å². The van der Waals surface area contributed by atoms with E-state index in [9.17, 15) is 15.3 Å². The van der Waals surface area contributed by atoms with Gasteiger partial charge in [0.1, 0.15) is 35.1 Å². The number of piperidine rings is 1. The van der Waals surface area contributed by atoms with Crippen LogP contribution in [-0.4, -0.2) is 72.3 Å². The number of ether oxygens (including phenoxy) is 1. The molecular weight excluding hydrogens is 448 g/mol. The van der Waals surface area contributed by atoms with Crippen LogP contribution in [-0.2, 0) is 0 Å². The average Bonchev–Trinajstić information content (AvgIpc) is 3.27. The Morgan fingerprint density at radius 2 is 1.77 bits per heavy atom. The van der Waals surface area contributed by atoms with Gasteiger partial charge >= 0.3 is 0 Å². The Bertz CT molecular complexity index is 1290. The smallest absolute Gasteiger partial charge is 0.164 e. The van der Waals surface area contributed by atoms with Crippen molar-refractivity contribution in [3.63, 3.8) is 0 Å². The maximum atomic E-state index is 9.88. The number of hydrogen-bond acceptors (Lipinski definition) is 9. The van der Waals surface area contributed by atoms with Gasteiger partial charge in [-0.25, -0.2) is 14.6 Å². The summed E-state index contributed by atoms with van der Waals surface area (Å²) < 4.78 is 7.78. The molecule has 3 heterocycles. The molecule has 0 saturated carbocycles. The quantitative estimate of drug-likeness (QED) is 0.316. The van der Waals surface area contributed by atoms with Crippen LogP contribution in [0.5, 0.6) is 17.2 Å². The number of hydrogen-bond donors (Lipinski definition) is 4. The fourth-order valence-corrected chi connectivity index (χ4v) is 4.54. The monoisotopic (exact) mass is 476 g/mol. The van der Waals surface area contributed by atoms with E-state index >= 15 is 0 Å². The van der Waals surface area contributed by atoms with Gasteiger partial charge in [-0.3, -0.25) is 4.90 Å². The van der Waals surface area contributed by atoms with Crippen molar-refractivity contribution >= 4 is 16.9 Å². The summed E-state index contributed by atoms with van der Waals surface area (Å²) in [6.45, 7) is 1.71. The molecule has 5 N–H and O–H groups in total. The highest BCUT2D eigenvalue weighted by Crippen LogP contribution is 2.35. The molecule has 35 heavy (non-hydrogen) atoms. The number of nitrogen functional groups attached to an aromatic ring is 1. The number of aromatic nitrogens is 4. The first-order valence-electron chi connectivity index (χ1n) is 11.6. The summed E-state index contributed by atoms with van der Waals surface area (Å²) in [5, 5.41) is 34.2. The topological polar surface area (TPSA) is 143 Å². The van der Waals surface area contributed by atoms with Crippen LogP contribution in [0.15, 0.2) is 54.9 Å². The summed E-state index contributed by atoms with van der Waals surface area (Å²) in [5.74, 6) is 1.82. The molecule has 2 atom stereocenters. The van der Waals surface area contributed by atoms with Crippen LogP contribution in [0.4, 0.5) is 5.82 Å². The van der Waals surface area contributed by atoms with E-state index in [4.69, 9.17) is 15.6 Å². The van der Waals surface area contributed by atoms with E-state index in [0.29, 0.717) is 47.1 Å². The number of fused-ring (bicyclic) bond motifs is 1. The minimum absolute atomic E-state index is 0.0531. The molecule has 1 fully saturated rings. The Labute approximate surface area is 202 Å². The number of β-amino-alcohol motifs (C(OH)–C–C–N with tert-alkyl or cyclic N) is 1. The lowest BCUT2D eigenvalue weighted by Gasteiger charge is -2.33. The molecule has 10 heteroatoms. The number of aromatic hydroxyl groups is 1. The maximum absolute atomic E-state index is 9.88. The number of nitrogens with two attached hydrogens (primary N) is 1. The van der Waals surface area contributed by atoms with Gasteiger partial charge in [0, 0.05) is 18.7 Å². The summed E-state index contributed by atoms with van der Waals surface area (Å²) in [6, 6.07) is 14.1. The zero-order chi connectivity index (χ0) is 24.4. The van der Waals surface area contributed by atoms with Crippen molar-refractivity contribution in [1.29, 1.82) is 0 Å². The van der Waals surface area contributed by atoms with Crippen molar-refractivity contribution in [3.05, 3.63) is 54.9 Å². The minimum Gasteiger partial charge on any atom is -0.508 e. The Morgan fingerprint density at radius 3 is 2.49 bits per heavy atom. The zero-order valence-electron chi connectivity index (χ0n) is 19.2. The molecule has 0 spiro atoms. The second-order valence-corrected chi connectivity index (χ2v) is 8.76. The van der Waals surface area contributed by atoms with Crippen LogP contribution >= 0.6 is 0 Å². The summed E-state index contributed by atoms with van der Waals surface area (Å²) >= 11 is 0. The molecule has 2 aromatic carbocycles. The highest BCUT2D eigenvalue weighted by atomic mass is 16.5. The van der Waals surface area contributed by atoms with Gasteiger partial charge in [-0.2, -0.15) is 5.10 Å². The Kier molecular flexibility index (Phi) is 6.49. The van der Waals surface area contributed by atoms with Crippen molar-refractivity contribution in [2.45, 2.75) is 25.0 Å². The number of anilines is 1. The molecule has 0 bridgehead atoms. The van der Waals surface area contributed by atoms with Crippen LogP contribution in [0.25, 0.3) is 22.3 Å². The maximum Gasteiger partial charge on any atom is 0.164 e. The molecule has 0 aliphatic carbocycles. The molecule has 4 aromatic rings. The fraction of sp³-hybridized carbons (Fsp3) is 0.320. The third kappa shape index (κ3) is 4.90. The predicted octanol–water partition coefficient (Wildman–Crippen LogP) is 2.56. The highest BCUT2D eigenvalue weighted by Gasteiger charge is 2.27. The van der Waals surface area contributed by atoms with Crippen molar-refractivity contribution in [2.24, 2.45) is 0 Å². The van der Waals surface area contributed by atoms with Crippen LogP contribution in [0.2, 0.25) is 0 Å². The number of benzene rings is 2. The van der Waals surface area contributed by atoms with Gasteiger partial charge in [0.25, 0.3) is 0 Å². The Hall–Kier alpha value is -3.73. The second kappa shape index (κ2) is 9.87. The average molecular weight is 477 g/mol. The number of aliphatic hydroxyl groups is 2. The number of phenols is 1. The molecule has 1 aliphatic rings. The number of phenolic OH excluding ortho intramolecular Hbond substituents is 1. The van der Waals surface area contributed by atoms with E-state index in [1.54, 1.807) is 24.3 Å². The number of nitrogens with zero attached hydrogens (tertiary/aromatic N) is 5. The standard InChI is InChI=1S/C25H28N6O4/c26-24-22-23(16-3-7-20(8-4-16)35-21-9-5-18(33)6-10-21)29-31(25(22)28-15-27-24)17-2-1-11-30(12-17)13-19(34)14-32/h3-10,15,17,19,32-34H,1-2,11-14H2,(H2,26,27,28). The zero-order valence-corrected chi connectivity index (χ0v) is 19.2. The van der Waals surface area contributed by atoms with Crippen molar-refractivity contribution in [2.75, 3.05) is 32.0 Å². The lowest BCUT2D eigenvalue weighted by atomic mass is 10.1. The van der Waals surface area contributed by atoms with E-state index < -0.39 is 6.10 Å². The van der Waals surface area contributed by atoms with Gasteiger partial charge in [-0.1, -0.05) is 0 Å².